The van der Waals surface area contributed by atoms with Crippen molar-refractivity contribution in [3.8, 4) is 0 Å². The molecule has 96 valence electrons. The fourth-order valence-corrected chi connectivity index (χ4v) is 1.71. The summed E-state index contributed by atoms with van der Waals surface area (Å²) < 4.78 is 1.85. The van der Waals surface area contributed by atoms with Crippen LogP contribution in [0.1, 0.15) is 19.5 Å². The van der Waals surface area contributed by atoms with Crippen molar-refractivity contribution in [3.05, 3.63) is 18.2 Å². The van der Waals surface area contributed by atoms with Crippen LogP contribution in [0.25, 0.3) is 0 Å². The maximum absolute atomic E-state index is 11.9. The number of aromatic nitrogens is 2. The normalized spacial score (nSPS) is 10.5. The minimum atomic E-state index is 0.146. The number of rotatable bonds is 7. The number of hydrogen-bond acceptors (Lipinski definition) is 3. The van der Waals surface area contributed by atoms with Crippen molar-refractivity contribution in [3.63, 3.8) is 0 Å². The summed E-state index contributed by atoms with van der Waals surface area (Å²) in [4.78, 5) is 18.0. The SMILES string of the molecule is CCN(CC)C(=O)Cn1cnc(CCNC)c1. The van der Waals surface area contributed by atoms with E-state index in [-0.39, 0.29) is 5.91 Å². The average molecular weight is 238 g/mol. The third-order valence-corrected chi connectivity index (χ3v) is 2.75. The fourth-order valence-electron chi connectivity index (χ4n) is 1.71. The quantitative estimate of drug-likeness (QED) is 0.753. The third kappa shape index (κ3) is 4.19. The van der Waals surface area contributed by atoms with E-state index in [1.54, 1.807) is 6.33 Å². The first-order valence-corrected chi connectivity index (χ1v) is 6.14. The molecule has 0 aliphatic carbocycles. The Hall–Kier alpha value is -1.36. The first-order valence-electron chi connectivity index (χ1n) is 6.14. The van der Waals surface area contributed by atoms with Crippen LogP contribution in [0.5, 0.6) is 0 Å². The summed E-state index contributed by atoms with van der Waals surface area (Å²) in [6.07, 6.45) is 4.56. The summed E-state index contributed by atoms with van der Waals surface area (Å²) in [5.74, 6) is 0.146. The van der Waals surface area contributed by atoms with Gasteiger partial charge in [0.25, 0.3) is 0 Å². The van der Waals surface area contributed by atoms with E-state index in [1.165, 1.54) is 0 Å². The number of carbonyl (C=O) groups is 1. The molecule has 1 rings (SSSR count). The van der Waals surface area contributed by atoms with Gasteiger partial charge in [-0.05, 0) is 20.9 Å². The lowest BCUT2D eigenvalue weighted by Gasteiger charge is -2.18. The van der Waals surface area contributed by atoms with Gasteiger partial charge in [0.1, 0.15) is 6.54 Å². The molecule has 1 heterocycles. The average Bonchev–Trinajstić information content (AvgIpc) is 2.75. The monoisotopic (exact) mass is 238 g/mol. The van der Waals surface area contributed by atoms with E-state index in [2.05, 4.69) is 10.3 Å². The van der Waals surface area contributed by atoms with E-state index < -0.39 is 0 Å². The zero-order chi connectivity index (χ0) is 12.7. The molecule has 0 aliphatic rings. The van der Waals surface area contributed by atoms with Crippen LogP contribution in [0.3, 0.4) is 0 Å². The molecule has 0 aromatic carbocycles. The molecule has 1 amide bonds. The van der Waals surface area contributed by atoms with Gasteiger partial charge in [-0.15, -0.1) is 0 Å². The summed E-state index contributed by atoms with van der Waals surface area (Å²) in [6.45, 7) is 6.80. The molecule has 0 saturated carbocycles. The van der Waals surface area contributed by atoms with Crippen LogP contribution >= 0.6 is 0 Å². The molecule has 0 unspecified atom stereocenters. The van der Waals surface area contributed by atoms with Crippen molar-refractivity contribution in [2.45, 2.75) is 26.8 Å². The van der Waals surface area contributed by atoms with Gasteiger partial charge in [0.2, 0.25) is 5.91 Å². The topological polar surface area (TPSA) is 50.2 Å². The van der Waals surface area contributed by atoms with Crippen LogP contribution in [0.2, 0.25) is 0 Å². The number of nitrogens with one attached hydrogen (secondary N) is 1. The Morgan fingerprint density at radius 1 is 1.47 bits per heavy atom. The lowest BCUT2D eigenvalue weighted by molar-refractivity contribution is -0.131. The third-order valence-electron chi connectivity index (χ3n) is 2.75. The Morgan fingerprint density at radius 3 is 2.76 bits per heavy atom. The van der Waals surface area contributed by atoms with Crippen LogP contribution < -0.4 is 5.32 Å². The summed E-state index contributed by atoms with van der Waals surface area (Å²) in [6, 6.07) is 0. The first kappa shape index (κ1) is 13.7. The van der Waals surface area contributed by atoms with Crippen LogP contribution in [-0.2, 0) is 17.8 Å². The Bertz CT molecular complexity index is 344. The zero-order valence-corrected chi connectivity index (χ0v) is 10.9. The smallest absolute Gasteiger partial charge is 0.242 e. The highest BCUT2D eigenvalue weighted by atomic mass is 16.2. The molecule has 1 aromatic rings. The van der Waals surface area contributed by atoms with Crippen LogP contribution in [0, 0.1) is 0 Å². The molecule has 0 spiro atoms. The maximum Gasteiger partial charge on any atom is 0.242 e. The molecule has 0 bridgehead atoms. The van der Waals surface area contributed by atoms with Crippen LogP contribution in [0.4, 0.5) is 0 Å². The van der Waals surface area contributed by atoms with Crippen molar-refractivity contribution < 1.29 is 4.79 Å². The van der Waals surface area contributed by atoms with Gasteiger partial charge in [0, 0.05) is 32.3 Å². The largest absolute Gasteiger partial charge is 0.342 e. The van der Waals surface area contributed by atoms with E-state index in [1.807, 2.05) is 36.6 Å². The number of likely N-dealkylation sites (N-methyl/N-ethyl adjacent to an activating group) is 2. The van der Waals surface area contributed by atoms with Crippen molar-refractivity contribution in [2.24, 2.45) is 0 Å². The molecule has 0 atom stereocenters. The molecular formula is C12H22N4O. The first-order chi connectivity index (χ1) is 8.21. The lowest BCUT2D eigenvalue weighted by atomic mass is 10.3. The Kier molecular flexibility index (Phi) is 5.69. The predicted molar refractivity (Wildman–Crippen MR) is 67.8 cm³/mol. The van der Waals surface area contributed by atoms with E-state index in [0.717, 1.165) is 31.7 Å². The molecule has 0 aliphatic heterocycles. The minimum absolute atomic E-state index is 0.146. The van der Waals surface area contributed by atoms with Crippen LogP contribution in [0.15, 0.2) is 12.5 Å². The standard InChI is InChI=1S/C12H22N4O/c1-4-16(5-2)12(17)9-15-8-11(14-10-15)6-7-13-3/h8,10,13H,4-7,9H2,1-3H3. The minimum Gasteiger partial charge on any atom is -0.342 e. The second kappa shape index (κ2) is 7.06. The van der Waals surface area contributed by atoms with Crippen molar-refractivity contribution in [1.29, 1.82) is 0 Å². The van der Waals surface area contributed by atoms with E-state index in [4.69, 9.17) is 0 Å². The number of imidazole rings is 1. The number of nitrogens with zero attached hydrogens (tertiary/aromatic N) is 3. The van der Waals surface area contributed by atoms with Crippen LogP contribution in [-0.4, -0.2) is 47.0 Å². The molecule has 5 heteroatoms. The molecule has 17 heavy (non-hydrogen) atoms. The highest BCUT2D eigenvalue weighted by Crippen LogP contribution is 1.99. The Balaban J connectivity index is 2.51. The maximum atomic E-state index is 11.9. The summed E-state index contributed by atoms with van der Waals surface area (Å²) in [5.41, 5.74) is 1.02. The van der Waals surface area contributed by atoms with Crippen molar-refractivity contribution >= 4 is 5.91 Å². The number of carbonyl (C=O) groups excluding carboxylic acids is 1. The Labute approximate surface area is 103 Å². The molecule has 5 nitrogen and oxygen atoms in total. The highest BCUT2D eigenvalue weighted by molar-refractivity contribution is 5.75. The molecule has 0 fully saturated rings. The molecular weight excluding hydrogens is 216 g/mol. The Morgan fingerprint density at radius 2 is 2.18 bits per heavy atom. The van der Waals surface area contributed by atoms with Gasteiger partial charge in [-0.2, -0.15) is 0 Å². The zero-order valence-electron chi connectivity index (χ0n) is 10.9. The van der Waals surface area contributed by atoms with Gasteiger partial charge in [0.15, 0.2) is 0 Å². The lowest BCUT2D eigenvalue weighted by Crippen LogP contribution is -2.33. The van der Waals surface area contributed by atoms with Crippen molar-refractivity contribution in [1.82, 2.24) is 19.8 Å². The molecule has 0 saturated heterocycles. The van der Waals surface area contributed by atoms with Gasteiger partial charge < -0.3 is 14.8 Å². The fraction of sp³-hybridized carbons (Fsp3) is 0.667. The summed E-state index contributed by atoms with van der Waals surface area (Å²) in [7, 11) is 1.92. The van der Waals surface area contributed by atoms with E-state index >= 15 is 0 Å². The van der Waals surface area contributed by atoms with Gasteiger partial charge in [-0.25, -0.2) is 4.98 Å². The summed E-state index contributed by atoms with van der Waals surface area (Å²) in [5, 5.41) is 3.08. The molecule has 1 N–H and O–H groups in total. The molecule has 0 radical (unpaired) electrons. The molecule has 1 aromatic heterocycles. The number of amides is 1. The summed E-state index contributed by atoms with van der Waals surface area (Å²) >= 11 is 0. The van der Waals surface area contributed by atoms with Gasteiger partial charge in [-0.1, -0.05) is 0 Å². The number of hydrogen-bond donors (Lipinski definition) is 1. The van der Waals surface area contributed by atoms with Gasteiger partial charge >= 0.3 is 0 Å². The van der Waals surface area contributed by atoms with E-state index in [9.17, 15) is 4.79 Å². The van der Waals surface area contributed by atoms with E-state index in [0.29, 0.717) is 6.54 Å². The predicted octanol–water partition coefficient (Wildman–Crippen LogP) is 0.513. The highest BCUT2D eigenvalue weighted by Gasteiger charge is 2.10. The van der Waals surface area contributed by atoms with Gasteiger partial charge in [0.05, 0.1) is 12.0 Å². The second-order valence-electron chi connectivity index (χ2n) is 3.96. The van der Waals surface area contributed by atoms with Gasteiger partial charge in [-0.3, -0.25) is 4.79 Å². The second-order valence-corrected chi connectivity index (χ2v) is 3.96. The van der Waals surface area contributed by atoms with Crippen molar-refractivity contribution in [2.75, 3.05) is 26.7 Å².